The summed E-state index contributed by atoms with van der Waals surface area (Å²) in [6.45, 7) is 4.87. The summed E-state index contributed by atoms with van der Waals surface area (Å²) >= 11 is 0. The van der Waals surface area contributed by atoms with E-state index >= 15 is 0 Å². The maximum atomic E-state index is 5.44. The molecule has 0 saturated carbocycles. The summed E-state index contributed by atoms with van der Waals surface area (Å²) in [5.41, 5.74) is 1.21. The maximum Gasteiger partial charge on any atom is 0.193 e. The molecule has 1 N–H and O–H groups in total. The summed E-state index contributed by atoms with van der Waals surface area (Å²) in [6, 6.07) is 8.13. The van der Waals surface area contributed by atoms with Gasteiger partial charge in [-0.25, -0.2) is 0 Å². The molecule has 0 aliphatic rings. The minimum absolute atomic E-state index is 0.663. The lowest BCUT2D eigenvalue weighted by Crippen LogP contribution is -2.39. The number of hydrogen-bond acceptors (Lipinski definition) is 3. The number of rotatable bonds is 7. The Kier molecular flexibility index (Phi) is 7.50. The molecule has 1 aromatic carbocycles. The number of aliphatic imine (C=N–C) groups is 1. The van der Waals surface area contributed by atoms with Crippen LogP contribution in [-0.2, 0) is 11.3 Å². The Hall–Kier alpha value is -1.75. The molecule has 1 rings (SSSR count). The van der Waals surface area contributed by atoms with Crippen molar-refractivity contribution in [2.75, 3.05) is 41.0 Å². The predicted octanol–water partition coefficient (Wildman–Crippen LogP) is 1.74. The van der Waals surface area contributed by atoms with Gasteiger partial charge in [0.1, 0.15) is 5.75 Å². The number of nitrogens with zero attached hydrogens (tertiary/aromatic N) is 2. The average Bonchev–Trinajstić information content (AvgIpc) is 2.46. The standard InChI is InChI=1S/C15H25N3O2/c1-5-20-14-8-6-13(7-9-14)12-18(3)15(16-2)17-10-11-19-4/h6-9H,5,10-12H2,1-4H3,(H,16,17). The van der Waals surface area contributed by atoms with Gasteiger partial charge in [0.25, 0.3) is 0 Å². The van der Waals surface area contributed by atoms with E-state index in [1.807, 2.05) is 26.1 Å². The molecule has 5 nitrogen and oxygen atoms in total. The van der Waals surface area contributed by atoms with E-state index in [4.69, 9.17) is 9.47 Å². The summed E-state index contributed by atoms with van der Waals surface area (Å²) < 4.78 is 10.5. The fourth-order valence-corrected chi connectivity index (χ4v) is 1.86. The molecule has 0 aliphatic carbocycles. The Morgan fingerprint density at radius 3 is 2.55 bits per heavy atom. The Bertz CT molecular complexity index is 404. The highest BCUT2D eigenvalue weighted by Gasteiger charge is 2.06. The first-order valence-corrected chi connectivity index (χ1v) is 6.83. The molecule has 20 heavy (non-hydrogen) atoms. The first kappa shape index (κ1) is 16.3. The van der Waals surface area contributed by atoms with E-state index in [-0.39, 0.29) is 0 Å². The van der Waals surface area contributed by atoms with Gasteiger partial charge in [-0.3, -0.25) is 4.99 Å². The van der Waals surface area contributed by atoms with Crippen molar-refractivity contribution >= 4 is 5.96 Å². The number of methoxy groups -OCH3 is 1. The Morgan fingerprint density at radius 1 is 1.30 bits per heavy atom. The van der Waals surface area contributed by atoms with E-state index in [1.54, 1.807) is 14.2 Å². The zero-order valence-electron chi connectivity index (χ0n) is 12.8. The van der Waals surface area contributed by atoms with Gasteiger partial charge in [-0.2, -0.15) is 0 Å². The van der Waals surface area contributed by atoms with E-state index in [0.717, 1.165) is 24.8 Å². The van der Waals surface area contributed by atoms with Crippen molar-refractivity contribution < 1.29 is 9.47 Å². The smallest absolute Gasteiger partial charge is 0.193 e. The van der Waals surface area contributed by atoms with E-state index < -0.39 is 0 Å². The van der Waals surface area contributed by atoms with E-state index in [2.05, 4.69) is 27.3 Å². The monoisotopic (exact) mass is 279 g/mol. The highest BCUT2D eigenvalue weighted by atomic mass is 16.5. The van der Waals surface area contributed by atoms with E-state index in [1.165, 1.54) is 5.56 Å². The van der Waals surface area contributed by atoms with Crippen molar-refractivity contribution in [3.8, 4) is 5.75 Å². The molecule has 0 fully saturated rings. The fourth-order valence-electron chi connectivity index (χ4n) is 1.86. The van der Waals surface area contributed by atoms with E-state index in [9.17, 15) is 0 Å². The third-order valence-corrected chi connectivity index (χ3v) is 2.82. The molecule has 0 heterocycles. The van der Waals surface area contributed by atoms with Crippen molar-refractivity contribution in [1.29, 1.82) is 0 Å². The predicted molar refractivity (Wildman–Crippen MR) is 82.3 cm³/mol. The minimum atomic E-state index is 0.663. The number of benzene rings is 1. The SMILES string of the molecule is CCOc1ccc(CN(C)C(=NC)NCCOC)cc1. The first-order chi connectivity index (χ1) is 9.71. The number of guanidine groups is 1. The maximum absolute atomic E-state index is 5.44. The van der Waals surface area contributed by atoms with Crippen LogP contribution in [0.5, 0.6) is 5.75 Å². The van der Waals surface area contributed by atoms with E-state index in [0.29, 0.717) is 13.2 Å². The zero-order chi connectivity index (χ0) is 14.8. The topological polar surface area (TPSA) is 46.1 Å². The molecule has 0 aromatic heterocycles. The Balaban J connectivity index is 2.52. The molecule has 112 valence electrons. The van der Waals surface area contributed by atoms with Gasteiger partial charge in [-0.15, -0.1) is 0 Å². The largest absolute Gasteiger partial charge is 0.494 e. The number of nitrogens with one attached hydrogen (secondary N) is 1. The zero-order valence-corrected chi connectivity index (χ0v) is 12.8. The fraction of sp³-hybridized carbons (Fsp3) is 0.533. The van der Waals surface area contributed by atoms with Crippen LogP contribution in [0, 0.1) is 0 Å². The van der Waals surface area contributed by atoms with Crippen LogP contribution in [-0.4, -0.2) is 51.8 Å². The van der Waals surface area contributed by atoms with Crippen LogP contribution in [0.3, 0.4) is 0 Å². The average molecular weight is 279 g/mol. The summed E-state index contributed by atoms with van der Waals surface area (Å²) in [5.74, 6) is 1.76. The first-order valence-electron chi connectivity index (χ1n) is 6.83. The summed E-state index contributed by atoms with van der Waals surface area (Å²) in [4.78, 5) is 6.33. The molecule has 5 heteroatoms. The van der Waals surface area contributed by atoms with Crippen molar-refractivity contribution in [2.24, 2.45) is 4.99 Å². The Morgan fingerprint density at radius 2 is 2.00 bits per heavy atom. The van der Waals surface area contributed by atoms with Gasteiger partial charge in [0.05, 0.1) is 13.2 Å². The lowest BCUT2D eigenvalue weighted by Gasteiger charge is -2.22. The second-order valence-electron chi connectivity index (χ2n) is 4.40. The van der Waals surface area contributed by atoms with Gasteiger partial charge < -0.3 is 19.7 Å². The van der Waals surface area contributed by atoms with Gasteiger partial charge in [-0.1, -0.05) is 12.1 Å². The van der Waals surface area contributed by atoms with Crippen LogP contribution in [0.1, 0.15) is 12.5 Å². The summed E-state index contributed by atoms with van der Waals surface area (Å²) in [6.07, 6.45) is 0. The van der Waals surface area contributed by atoms with Gasteiger partial charge in [0.2, 0.25) is 0 Å². The normalized spacial score (nSPS) is 11.3. The van der Waals surface area contributed by atoms with Crippen LogP contribution in [0.15, 0.2) is 29.3 Å². The highest BCUT2D eigenvalue weighted by Crippen LogP contribution is 2.13. The van der Waals surface area contributed by atoms with Crippen molar-refractivity contribution in [3.05, 3.63) is 29.8 Å². The number of hydrogen-bond donors (Lipinski definition) is 1. The summed E-state index contributed by atoms with van der Waals surface area (Å²) in [7, 11) is 5.48. The molecule has 1 aromatic rings. The van der Waals surface area contributed by atoms with Crippen molar-refractivity contribution in [1.82, 2.24) is 10.2 Å². The van der Waals surface area contributed by atoms with Gasteiger partial charge in [-0.05, 0) is 24.6 Å². The molecular weight excluding hydrogens is 254 g/mol. The Labute approximate surface area is 121 Å². The van der Waals surface area contributed by atoms with Crippen molar-refractivity contribution in [2.45, 2.75) is 13.5 Å². The van der Waals surface area contributed by atoms with Crippen LogP contribution in [0.25, 0.3) is 0 Å². The van der Waals surface area contributed by atoms with Crippen LogP contribution in [0.2, 0.25) is 0 Å². The van der Waals surface area contributed by atoms with Gasteiger partial charge in [0.15, 0.2) is 5.96 Å². The molecule has 0 spiro atoms. The number of ether oxygens (including phenoxy) is 2. The second-order valence-corrected chi connectivity index (χ2v) is 4.40. The van der Waals surface area contributed by atoms with Gasteiger partial charge >= 0.3 is 0 Å². The molecule has 0 radical (unpaired) electrons. The summed E-state index contributed by atoms with van der Waals surface area (Å²) in [5, 5.41) is 3.25. The molecule has 0 amide bonds. The van der Waals surface area contributed by atoms with Crippen LogP contribution < -0.4 is 10.1 Å². The van der Waals surface area contributed by atoms with Gasteiger partial charge in [0, 0.05) is 34.3 Å². The lowest BCUT2D eigenvalue weighted by molar-refractivity contribution is 0.203. The molecule has 0 saturated heterocycles. The molecule has 0 unspecified atom stereocenters. The quantitative estimate of drug-likeness (QED) is 0.469. The van der Waals surface area contributed by atoms with Crippen LogP contribution >= 0.6 is 0 Å². The molecule has 0 bridgehead atoms. The molecular formula is C15H25N3O2. The second kappa shape index (κ2) is 9.20. The van der Waals surface area contributed by atoms with Crippen molar-refractivity contribution in [3.63, 3.8) is 0 Å². The third-order valence-electron chi connectivity index (χ3n) is 2.82. The minimum Gasteiger partial charge on any atom is -0.494 e. The lowest BCUT2D eigenvalue weighted by atomic mass is 10.2. The van der Waals surface area contributed by atoms with Crippen LogP contribution in [0.4, 0.5) is 0 Å². The third kappa shape index (κ3) is 5.48. The molecule has 0 aliphatic heterocycles. The molecule has 0 atom stereocenters. The highest BCUT2D eigenvalue weighted by molar-refractivity contribution is 5.79.